The molecule has 0 bridgehead atoms. The Morgan fingerprint density at radius 1 is 0.875 bits per heavy atom. The molecule has 0 aliphatic heterocycles. The van der Waals surface area contributed by atoms with Crippen molar-refractivity contribution in [1.82, 2.24) is 0 Å². The molecule has 0 radical (unpaired) electrons. The van der Waals surface area contributed by atoms with E-state index < -0.39 is 0 Å². The van der Waals surface area contributed by atoms with Crippen molar-refractivity contribution in [2.24, 2.45) is 5.41 Å². The van der Waals surface area contributed by atoms with E-state index in [4.69, 9.17) is 5.26 Å². The molecule has 16 heavy (non-hydrogen) atoms. The smallest absolute Gasteiger partial charge is 0.0690 e. The molecule has 0 aliphatic rings. The van der Waals surface area contributed by atoms with Gasteiger partial charge in [-0.3, -0.25) is 0 Å². The molecule has 90 valence electrons. The summed E-state index contributed by atoms with van der Waals surface area (Å²) in [6, 6.07) is 4.64. The SMILES string of the molecule is CCCCCCC(C#N)(CCC)CCC#N. The molecule has 0 saturated carbocycles. The number of unbranched alkanes of at least 4 members (excludes halogenated alkanes) is 3. The van der Waals surface area contributed by atoms with Crippen molar-refractivity contribution >= 4 is 0 Å². The second-order valence-corrected chi connectivity index (χ2v) is 4.61. The first kappa shape index (κ1) is 15.0. The van der Waals surface area contributed by atoms with Gasteiger partial charge in [-0.2, -0.15) is 10.5 Å². The molecule has 0 amide bonds. The van der Waals surface area contributed by atoms with E-state index >= 15 is 0 Å². The van der Waals surface area contributed by atoms with Crippen LogP contribution in [0.1, 0.15) is 71.6 Å². The highest BCUT2D eigenvalue weighted by molar-refractivity contribution is 4.99. The van der Waals surface area contributed by atoms with Crippen LogP contribution < -0.4 is 0 Å². The maximum Gasteiger partial charge on any atom is 0.0690 e. The summed E-state index contributed by atoms with van der Waals surface area (Å²) >= 11 is 0. The van der Waals surface area contributed by atoms with Crippen LogP contribution in [0.5, 0.6) is 0 Å². The van der Waals surface area contributed by atoms with E-state index in [0.29, 0.717) is 6.42 Å². The minimum Gasteiger partial charge on any atom is -0.198 e. The minimum atomic E-state index is -0.224. The van der Waals surface area contributed by atoms with E-state index in [-0.39, 0.29) is 5.41 Å². The third kappa shape index (κ3) is 5.76. The average Bonchev–Trinajstić information content (AvgIpc) is 2.31. The Bertz CT molecular complexity index is 246. The first-order valence-corrected chi connectivity index (χ1v) is 6.53. The molecule has 0 aromatic heterocycles. The van der Waals surface area contributed by atoms with E-state index in [2.05, 4.69) is 26.0 Å². The zero-order chi connectivity index (χ0) is 12.3. The summed E-state index contributed by atoms with van der Waals surface area (Å²) in [7, 11) is 0. The fraction of sp³-hybridized carbons (Fsp3) is 0.857. The number of nitriles is 2. The van der Waals surface area contributed by atoms with Gasteiger partial charge in [0.1, 0.15) is 0 Å². The fourth-order valence-corrected chi connectivity index (χ4v) is 2.21. The third-order valence-corrected chi connectivity index (χ3v) is 3.19. The maximum atomic E-state index is 9.33. The van der Waals surface area contributed by atoms with Crippen LogP contribution in [-0.4, -0.2) is 0 Å². The van der Waals surface area contributed by atoms with Gasteiger partial charge in [0.05, 0.1) is 17.6 Å². The van der Waals surface area contributed by atoms with Crippen LogP contribution in [-0.2, 0) is 0 Å². The van der Waals surface area contributed by atoms with Gasteiger partial charge in [-0.15, -0.1) is 0 Å². The van der Waals surface area contributed by atoms with Crippen molar-refractivity contribution in [3.63, 3.8) is 0 Å². The second kappa shape index (κ2) is 9.22. The Hall–Kier alpha value is -1.02. The molecule has 1 unspecified atom stereocenters. The van der Waals surface area contributed by atoms with E-state index in [1.54, 1.807) is 0 Å². The number of hydrogen-bond donors (Lipinski definition) is 0. The molecule has 2 heteroatoms. The van der Waals surface area contributed by atoms with Gasteiger partial charge in [0.15, 0.2) is 0 Å². The predicted molar refractivity (Wildman–Crippen MR) is 66.6 cm³/mol. The molecule has 0 fully saturated rings. The van der Waals surface area contributed by atoms with Gasteiger partial charge in [-0.1, -0.05) is 46.0 Å². The summed E-state index contributed by atoms with van der Waals surface area (Å²) in [5, 5.41) is 18.0. The van der Waals surface area contributed by atoms with Crippen molar-refractivity contribution in [3.05, 3.63) is 0 Å². The molecule has 0 aromatic rings. The molecule has 0 N–H and O–H groups in total. The second-order valence-electron chi connectivity index (χ2n) is 4.61. The first-order chi connectivity index (χ1) is 7.74. The van der Waals surface area contributed by atoms with Gasteiger partial charge in [-0.05, 0) is 19.3 Å². The van der Waals surface area contributed by atoms with Crippen LogP contribution in [0.2, 0.25) is 0 Å². The van der Waals surface area contributed by atoms with Crippen LogP contribution >= 0.6 is 0 Å². The van der Waals surface area contributed by atoms with Crippen LogP contribution in [0.25, 0.3) is 0 Å². The summed E-state index contributed by atoms with van der Waals surface area (Å²) in [5.74, 6) is 0. The normalized spacial score (nSPS) is 13.8. The maximum absolute atomic E-state index is 9.33. The topological polar surface area (TPSA) is 47.6 Å². The molecule has 2 nitrogen and oxygen atoms in total. The van der Waals surface area contributed by atoms with Crippen LogP contribution in [0, 0.1) is 28.1 Å². The molecule has 0 aliphatic carbocycles. The molecule has 0 heterocycles. The highest BCUT2D eigenvalue weighted by Gasteiger charge is 2.27. The average molecular weight is 220 g/mol. The summed E-state index contributed by atoms with van der Waals surface area (Å²) in [6.07, 6.45) is 9.05. The van der Waals surface area contributed by atoms with Crippen molar-refractivity contribution in [2.45, 2.75) is 71.6 Å². The van der Waals surface area contributed by atoms with Crippen LogP contribution in [0.4, 0.5) is 0 Å². The summed E-state index contributed by atoms with van der Waals surface area (Å²) < 4.78 is 0. The molecule has 0 aromatic carbocycles. The summed E-state index contributed by atoms with van der Waals surface area (Å²) in [4.78, 5) is 0. The minimum absolute atomic E-state index is 0.224. The summed E-state index contributed by atoms with van der Waals surface area (Å²) in [6.45, 7) is 4.31. The number of hydrogen-bond acceptors (Lipinski definition) is 2. The fourth-order valence-electron chi connectivity index (χ4n) is 2.21. The Morgan fingerprint density at radius 3 is 2.12 bits per heavy atom. The zero-order valence-corrected chi connectivity index (χ0v) is 10.8. The van der Waals surface area contributed by atoms with E-state index in [0.717, 1.165) is 32.1 Å². The molecule has 0 rings (SSSR count). The first-order valence-electron chi connectivity index (χ1n) is 6.53. The van der Waals surface area contributed by atoms with Crippen LogP contribution in [0.15, 0.2) is 0 Å². The Labute approximate surface area is 100 Å². The van der Waals surface area contributed by atoms with Crippen LogP contribution in [0.3, 0.4) is 0 Å². The van der Waals surface area contributed by atoms with Gasteiger partial charge in [0.25, 0.3) is 0 Å². The quantitative estimate of drug-likeness (QED) is 0.534. The lowest BCUT2D eigenvalue weighted by Gasteiger charge is -2.25. The predicted octanol–water partition coefficient (Wildman–Crippen LogP) is 4.57. The number of rotatable bonds is 9. The van der Waals surface area contributed by atoms with Crippen molar-refractivity contribution in [1.29, 1.82) is 10.5 Å². The molecular formula is C14H24N2. The van der Waals surface area contributed by atoms with Crippen molar-refractivity contribution < 1.29 is 0 Å². The molecule has 0 saturated heterocycles. The highest BCUT2D eigenvalue weighted by atomic mass is 14.4. The van der Waals surface area contributed by atoms with Gasteiger partial charge in [0, 0.05) is 6.42 Å². The standard InChI is InChI=1S/C14H24N2/c1-3-5-6-7-10-14(13-16,9-4-2)11-8-12-15/h3-11H2,1-2H3. The van der Waals surface area contributed by atoms with Gasteiger partial charge in [-0.25, -0.2) is 0 Å². The lowest BCUT2D eigenvalue weighted by atomic mass is 9.76. The highest BCUT2D eigenvalue weighted by Crippen LogP contribution is 2.34. The largest absolute Gasteiger partial charge is 0.198 e. The van der Waals surface area contributed by atoms with Crippen molar-refractivity contribution in [3.8, 4) is 12.1 Å². The number of nitrogens with zero attached hydrogens (tertiary/aromatic N) is 2. The molecule has 1 atom stereocenters. The Morgan fingerprint density at radius 2 is 1.62 bits per heavy atom. The molecule has 0 spiro atoms. The van der Waals surface area contributed by atoms with Gasteiger partial charge >= 0.3 is 0 Å². The third-order valence-electron chi connectivity index (χ3n) is 3.19. The van der Waals surface area contributed by atoms with E-state index in [1.165, 1.54) is 19.3 Å². The zero-order valence-electron chi connectivity index (χ0n) is 10.8. The van der Waals surface area contributed by atoms with Gasteiger partial charge < -0.3 is 0 Å². The van der Waals surface area contributed by atoms with Crippen molar-refractivity contribution in [2.75, 3.05) is 0 Å². The lowest BCUT2D eigenvalue weighted by Crippen LogP contribution is -2.18. The summed E-state index contributed by atoms with van der Waals surface area (Å²) in [5.41, 5.74) is -0.224. The Balaban J connectivity index is 4.17. The monoisotopic (exact) mass is 220 g/mol. The van der Waals surface area contributed by atoms with E-state index in [1.807, 2.05) is 0 Å². The lowest BCUT2D eigenvalue weighted by molar-refractivity contribution is 0.297. The Kier molecular flexibility index (Phi) is 8.64. The molecular weight excluding hydrogens is 196 g/mol. The van der Waals surface area contributed by atoms with Gasteiger partial charge in [0.2, 0.25) is 0 Å². The van der Waals surface area contributed by atoms with E-state index in [9.17, 15) is 5.26 Å².